The molecular formula is C8H14N2O. The summed E-state index contributed by atoms with van der Waals surface area (Å²) in [6.07, 6.45) is 6.42. The Hall–Kier alpha value is -1.25. The molecule has 0 bridgehead atoms. The van der Waals surface area contributed by atoms with Gasteiger partial charge in [-0.25, -0.2) is 0 Å². The van der Waals surface area contributed by atoms with Gasteiger partial charge in [0.25, 0.3) is 0 Å². The van der Waals surface area contributed by atoms with Crippen LogP contribution in [0.2, 0.25) is 0 Å². The second kappa shape index (κ2) is 5.53. The highest BCUT2D eigenvalue weighted by Gasteiger charge is 1.95. The molecule has 11 heavy (non-hydrogen) atoms. The molecule has 0 saturated carbocycles. The van der Waals surface area contributed by atoms with Gasteiger partial charge in [0.05, 0.1) is 0 Å². The van der Waals surface area contributed by atoms with Gasteiger partial charge in [0, 0.05) is 5.57 Å². The normalized spacial score (nSPS) is 14.4. The number of rotatable bonds is 3. The minimum absolute atomic E-state index is 0.157. The van der Waals surface area contributed by atoms with Crippen LogP contribution in [0.25, 0.3) is 0 Å². The Morgan fingerprint density at radius 2 is 2.27 bits per heavy atom. The van der Waals surface area contributed by atoms with Gasteiger partial charge in [-0.1, -0.05) is 30.3 Å². The van der Waals surface area contributed by atoms with Crippen molar-refractivity contribution < 1.29 is 5.21 Å². The predicted octanol–water partition coefficient (Wildman–Crippen LogP) is 1.65. The summed E-state index contributed by atoms with van der Waals surface area (Å²) in [4.78, 5) is 0. The van der Waals surface area contributed by atoms with E-state index in [0.29, 0.717) is 0 Å². The van der Waals surface area contributed by atoms with E-state index in [9.17, 15) is 0 Å². The summed E-state index contributed by atoms with van der Waals surface area (Å²) in [6.45, 7) is 3.88. The maximum atomic E-state index is 8.35. The van der Waals surface area contributed by atoms with Crippen molar-refractivity contribution >= 4 is 5.84 Å². The number of amidine groups is 1. The lowest BCUT2D eigenvalue weighted by Gasteiger charge is -1.96. The number of hydrogen-bond donors (Lipinski definition) is 2. The highest BCUT2D eigenvalue weighted by atomic mass is 16.4. The van der Waals surface area contributed by atoms with Crippen LogP contribution in [-0.4, -0.2) is 11.0 Å². The fourth-order valence-corrected chi connectivity index (χ4v) is 0.715. The fourth-order valence-electron chi connectivity index (χ4n) is 0.715. The van der Waals surface area contributed by atoms with Gasteiger partial charge in [0.15, 0.2) is 5.84 Å². The molecule has 0 atom stereocenters. The highest BCUT2D eigenvalue weighted by Crippen LogP contribution is 1.98. The van der Waals surface area contributed by atoms with Crippen LogP contribution >= 0.6 is 0 Å². The Bertz CT molecular complexity index is 192. The van der Waals surface area contributed by atoms with Gasteiger partial charge in [-0.2, -0.15) is 0 Å². The van der Waals surface area contributed by atoms with Crippen molar-refractivity contribution in [2.24, 2.45) is 10.9 Å². The average Bonchev–Trinajstić information content (AvgIpc) is 2.03. The standard InChI is InChI=1S/C8H14N2O/c1-3-5-7(6-4-2)8(9)10-11/h3,5-6,11H,4H2,1-2H3,(H2,9,10)/b5-3-,7-6+. The third-order valence-electron chi connectivity index (χ3n) is 1.17. The molecule has 0 amide bonds. The van der Waals surface area contributed by atoms with E-state index in [1.807, 2.05) is 26.0 Å². The van der Waals surface area contributed by atoms with Gasteiger partial charge in [-0.3, -0.25) is 0 Å². The second-order valence-corrected chi connectivity index (χ2v) is 2.05. The SMILES string of the molecule is C\C=C/C(=C\CC)C(/N)=N/O. The summed E-state index contributed by atoms with van der Waals surface area (Å²) in [6, 6.07) is 0. The fraction of sp³-hybridized carbons (Fsp3) is 0.375. The van der Waals surface area contributed by atoms with E-state index < -0.39 is 0 Å². The summed E-state index contributed by atoms with van der Waals surface area (Å²) >= 11 is 0. The van der Waals surface area contributed by atoms with Crippen molar-refractivity contribution in [1.29, 1.82) is 0 Å². The molecule has 0 radical (unpaired) electrons. The quantitative estimate of drug-likeness (QED) is 0.213. The van der Waals surface area contributed by atoms with Crippen LogP contribution in [0.1, 0.15) is 20.3 Å². The molecule has 0 aromatic carbocycles. The first-order chi connectivity index (χ1) is 5.26. The van der Waals surface area contributed by atoms with Crippen molar-refractivity contribution in [2.45, 2.75) is 20.3 Å². The Morgan fingerprint density at radius 1 is 1.64 bits per heavy atom. The zero-order valence-electron chi connectivity index (χ0n) is 6.91. The van der Waals surface area contributed by atoms with Gasteiger partial charge in [0.2, 0.25) is 0 Å². The van der Waals surface area contributed by atoms with Gasteiger partial charge in [-0.05, 0) is 13.3 Å². The summed E-state index contributed by atoms with van der Waals surface area (Å²) in [7, 11) is 0. The maximum absolute atomic E-state index is 8.35. The van der Waals surface area contributed by atoms with E-state index in [1.54, 1.807) is 6.08 Å². The first kappa shape index (κ1) is 9.75. The Kier molecular flexibility index (Phi) is 4.90. The maximum Gasteiger partial charge on any atom is 0.169 e. The second-order valence-electron chi connectivity index (χ2n) is 2.05. The zero-order chi connectivity index (χ0) is 8.69. The van der Waals surface area contributed by atoms with E-state index >= 15 is 0 Å². The van der Waals surface area contributed by atoms with E-state index in [1.165, 1.54) is 0 Å². The Balaban J connectivity index is 4.47. The van der Waals surface area contributed by atoms with E-state index in [2.05, 4.69) is 5.16 Å². The lowest BCUT2D eigenvalue weighted by Crippen LogP contribution is -2.13. The monoisotopic (exact) mass is 154 g/mol. The van der Waals surface area contributed by atoms with Gasteiger partial charge >= 0.3 is 0 Å². The molecule has 0 aliphatic heterocycles. The van der Waals surface area contributed by atoms with Crippen LogP contribution in [0.3, 0.4) is 0 Å². The first-order valence-corrected chi connectivity index (χ1v) is 3.57. The van der Waals surface area contributed by atoms with Crippen LogP contribution < -0.4 is 5.73 Å². The lowest BCUT2D eigenvalue weighted by molar-refractivity contribution is 0.318. The van der Waals surface area contributed by atoms with Crippen LogP contribution in [0.15, 0.2) is 29.0 Å². The summed E-state index contributed by atoms with van der Waals surface area (Å²) < 4.78 is 0. The number of oxime groups is 1. The molecule has 0 aromatic rings. The molecule has 0 aromatic heterocycles. The largest absolute Gasteiger partial charge is 0.409 e. The molecule has 0 rings (SSSR count). The molecule has 3 heteroatoms. The van der Waals surface area contributed by atoms with E-state index in [4.69, 9.17) is 10.9 Å². The molecule has 62 valence electrons. The minimum Gasteiger partial charge on any atom is -0.409 e. The topological polar surface area (TPSA) is 58.6 Å². The van der Waals surface area contributed by atoms with Crippen LogP contribution in [0, 0.1) is 0 Å². The van der Waals surface area contributed by atoms with E-state index in [-0.39, 0.29) is 5.84 Å². The van der Waals surface area contributed by atoms with Gasteiger partial charge in [-0.15, -0.1) is 0 Å². The molecule has 0 fully saturated rings. The third-order valence-corrected chi connectivity index (χ3v) is 1.17. The number of nitrogens with zero attached hydrogens (tertiary/aromatic N) is 1. The molecule has 3 N–H and O–H groups in total. The van der Waals surface area contributed by atoms with Crippen molar-refractivity contribution in [3.8, 4) is 0 Å². The molecule has 3 nitrogen and oxygen atoms in total. The molecule has 0 unspecified atom stereocenters. The lowest BCUT2D eigenvalue weighted by atomic mass is 10.2. The van der Waals surface area contributed by atoms with Crippen molar-refractivity contribution in [3.05, 3.63) is 23.8 Å². The smallest absolute Gasteiger partial charge is 0.169 e. The zero-order valence-corrected chi connectivity index (χ0v) is 6.91. The molecular weight excluding hydrogens is 140 g/mol. The molecule has 0 heterocycles. The molecule has 0 saturated heterocycles. The van der Waals surface area contributed by atoms with Gasteiger partial charge < -0.3 is 10.9 Å². The third kappa shape index (κ3) is 3.45. The number of nitrogens with two attached hydrogens (primary N) is 1. The molecule has 0 aliphatic carbocycles. The Labute approximate surface area is 66.9 Å². The number of hydrogen-bond acceptors (Lipinski definition) is 2. The van der Waals surface area contributed by atoms with E-state index in [0.717, 1.165) is 12.0 Å². The van der Waals surface area contributed by atoms with Crippen molar-refractivity contribution in [2.75, 3.05) is 0 Å². The summed E-state index contributed by atoms with van der Waals surface area (Å²) in [5.74, 6) is 0.157. The number of allylic oxidation sites excluding steroid dienone is 2. The van der Waals surface area contributed by atoms with Crippen LogP contribution in [0.5, 0.6) is 0 Å². The predicted molar refractivity (Wildman–Crippen MR) is 46.6 cm³/mol. The first-order valence-electron chi connectivity index (χ1n) is 3.57. The molecule has 0 spiro atoms. The molecule has 0 aliphatic rings. The summed E-state index contributed by atoms with van der Waals surface area (Å²) in [5.41, 5.74) is 6.13. The Morgan fingerprint density at radius 3 is 2.64 bits per heavy atom. The van der Waals surface area contributed by atoms with Crippen LogP contribution in [-0.2, 0) is 0 Å². The summed E-state index contributed by atoms with van der Waals surface area (Å²) in [5, 5.41) is 11.2. The van der Waals surface area contributed by atoms with Crippen molar-refractivity contribution in [1.82, 2.24) is 0 Å². The van der Waals surface area contributed by atoms with Crippen LogP contribution in [0.4, 0.5) is 0 Å². The minimum atomic E-state index is 0.157. The van der Waals surface area contributed by atoms with Gasteiger partial charge in [0.1, 0.15) is 0 Å². The van der Waals surface area contributed by atoms with Crippen molar-refractivity contribution in [3.63, 3.8) is 0 Å². The average molecular weight is 154 g/mol. The highest BCUT2D eigenvalue weighted by molar-refractivity contribution is 5.98.